The maximum atomic E-state index is 12.5. The van der Waals surface area contributed by atoms with Crippen LogP contribution in [0.3, 0.4) is 0 Å². The molecule has 0 saturated heterocycles. The van der Waals surface area contributed by atoms with Crippen molar-refractivity contribution in [3.63, 3.8) is 0 Å². The second-order valence-electron chi connectivity index (χ2n) is 2.71. The Labute approximate surface area is 91.6 Å². The van der Waals surface area contributed by atoms with Gasteiger partial charge in [-0.15, -0.1) is 0 Å². The predicted molar refractivity (Wildman–Crippen MR) is 49.3 cm³/mol. The van der Waals surface area contributed by atoms with E-state index in [2.05, 4.69) is 26.3 Å². The molecule has 0 atom stereocenters. The van der Waals surface area contributed by atoms with E-state index in [0.29, 0.717) is 4.68 Å². The number of alkyl halides is 3. The Morgan fingerprint density at radius 2 is 2.07 bits per heavy atom. The van der Waals surface area contributed by atoms with Crippen molar-refractivity contribution >= 4 is 21.8 Å². The molecule has 84 valence electrons. The topological polar surface area (TPSA) is 46.9 Å². The Balaban J connectivity index is 3.33. The van der Waals surface area contributed by atoms with Crippen molar-refractivity contribution in [1.29, 1.82) is 0 Å². The summed E-state index contributed by atoms with van der Waals surface area (Å²) in [4.78, 5) is 11.1. The van der Waals surface area contributed by atoms with Gasteiger partial charge in [-0.2, -0.15) is 18.3 Å². The van der Waals surface area contributed by atoms with E-state index in [1.807, 2.05) is 0 Å². The minimum absolute atomic E-state index is 0.285. The molecule has 8 heteroatoms. The number of aromatic nitrogens is 2. The zero-order valence-corrected chi connectivity index (χ0v) is 9.40. The van der Waals surface area contributed by atoms with Crippen molar-refractivity contribution in [1.82, 2.24) is 15.1 Å². The van der Waals surface area contributed by atoms with E-state index >= 15 is 0 Å². The molecule has 1 rings (SSSR count). The van der Waals surface area contributed by atoms with Crippen LogP contribution >= 0.6 is 15.9 Å². The molecular weight excluding hydrogens is 279 g/mol. The van der Waals surface area contributed by atoms with Gasteiger partial charge in [0.15, 0.2) is 11.4 Å². The first-order valence-electron chi connectivity index (χ1n) is 3.80. The zero-order chi connectivity index (χ0) is 11.8. The molecule has 1 N–H and O–H groups in total. The number of nitrogens with one attached hydrogen (secondary N) is 1. The molecule has 0 saturated carbocycles. The van der Waals surface area contributed by atoms with E-state index in [0.717, 1.165) is 7.05 Å². The summed E-state index contributed by atoms with van der Waals surface area (Å²) < 4.78 is 37.7. The van der Waals surface area contributed by atoms with Crippen molar-refractivity contribution in [3.05, 3.63) is 15.9 Å². The van der Waals surface area contributed by atoms with Crippen LogP contribution in [-0.2, 0) is 13.2 Å². The molecule has 1 amide bonds. The second kappa shape index (κ2) is 3.84. The Hall–Kier alpha value is -1.05. The largest absolute Gasteiger partial charge is 0.434 e. The van der Waals surface area contributed by atoms with E-state index in [1.165, 1.54) is 7.05 Å². The lowest BCUT2D eigenvalue weighted by Crippen LogP contribution is -2.19. The molecule has 0 radical (unpaired) electrons. The molecule has 0 unspecified atom stereocenters. The summed E-state index contributed by atoms with van der Waals surface area (Å²) in [5.41, 5.74) is -1.27. The summed E-state index contributed by atoms with van der Waals surface area (Å²) in [7, 11) is 2.44. The zero-order valence-electron chi connectivity index (χ0n) is 7.81. The molecule has 0 bridgehead atoms. The number of hydrogen-bond acceptors (Lipinski definition) is 2. The highest BCUT2D eigenvalue weighted by atomic mass is 79.9. The lowest BCUT2D eigenvalue weighted by Gasteiger charge is -2.06. The Kier molecular flexibility index (Phi) is 3.08. The molecular formula is C7H7BrF3N3O. The third kappa shape index (κ3) is 2.14. The molecule has 0 aliphatic heterocycles. The molecule has 0 fully saturated rings. The average Bonchev–Trinajstić information content (AvgIpc) is 2.39. The van der Waals surface area contributed by atoms with Crippen molar-refractivity contribution in [2.45, 2.75) is 6.18 Å². The fraction of sp³-hybridized carbons (Fsp3) is 0.429. The van der Waals surface area contributed by atoms with Crippen LogP contribution < -0.4 is 5.32 Å². The normalized spacial score (nSPS) is 11.6. The highest BCUT2D eigenvalue weighted by Gasteiger charge is 2.39. The van der Waals surface area contributed by atoms with Gasteiger partial charge in [-0.25, -0.2) is 0 Å². The monoisotopic (exact) mass is 285 g/mol. The number of nitrogens with zero attached hydrogens (tertiary/aromatic N) is 2. The van der Waals surface area contributed by atoms with Crippen LogP contribution in [0.1, 0.15) is 16.2 Å². The number of carbonyl (C=O) groups is 1. The standard InChI is InChI=1S/C7H7BrF3N3O/c1-12-6(15)4-3(8)5(7(9,10)11)14(2)13-4/h1-2H3,(H,12,15). The summed E-state index contributed by atoms with van der Waals surface area (Å²) in [6.45, 7) is 0. The van der Waals surface area contributed by atoms with Gasteiger partial charge < -0.3 is 5.32 Å². The van der Waals surface area contributed by atoms with Crippen LogP contribution in [-0.4, -0.2) is 22.7 Å². The van der Waals surface area contributed by atoms with Crippen molar-refractivity contribution < 1.29 is 18.0 Å². The summed E-state index contributed by atoms with van der Waals surface area (Å²) in [5, 5.41) is 5.69. The van der Waals surface area contributed by atoms with E-state index in [-0.39, 0.29) is 10.2 Å². The van der Waals surface area contributed by atoms with Gasteiger partial charge in [0.25, 0.3) is 5.91 Å². The molecule has 1 aromatic heterocycles. The summed E-state index contributed by atoms with van der Waals surface area (Å²) >= 11 is 2.72. The summed E-state index contributed by atoms with van der Waals surface area (Å²) in [6.07, 6.45) is -4.55. The van der Waals surface area contributed by atoms with Crippen LogP contribution in [0.2, 0.25) is 0 Å². The maximum Gasteiger partial charge on any atom is 0.434 e. The average molecular weight is 286 g/mol. The Morgan fingerprint density at radius 1 is 1.53 bits per heavy atom. The first-order valence-corrected chi connectivity index (χ1v) is 4.60. The number of halogens is 4. The third-order valence-corrected chi connectivity index (χ3v) is 2.45. The highest BCUT2D eigenvalue weighted by Crippen LogP contribution is 2.35. The van der Waals surface area contributed by atoms with E-state index in [9.17, 15) is 18.0 Å². The van der Waals surface area contributed by atoms with E-state index in [1.54, 1.807) is 0 Å². The maximum absolute atomic E-state index is 12.5. The van der Waals surface area contributed by atoms with Gasteiger partial charge in [-0.3, -0.25) is 9.48 Å². The Morgan fingerprint density at radius 3 is 2.40 bits per heavy atom. The van der Waals surface area contributed by atoms with Crippen LogP contribution in [0.25, 0.3) is 0 Å². The number of carbonyl (C=O) groups excluding carboxylic acids is 1. The second-order valence-corrected chi connectivity index (χ2v) is 3.50. The van der Waals surface area contributed by atoms with Gasteiger partial charge in [0, 0.05) is 14.1 Å². The van der Waals surface area contributed by atoms with Crippen LogP contribution in [0.5, 0.6) is 0 Å². The quantitative estimate of drug-likeness (QED) is 0.851. The van der Waals surface area contributed by atoms with Crippen molar-refractivity contribution in [3.8, 4) is 0 Å². The molecule has 0 aliphatic carbocycles. The first-order chi connectivity index (χ1) is 6.79. The fourth-order valence-corrected chi connectivity index (χ4v) is 1.81. The van der Waals surface area contributed by atoms with Crippen molar-refractivity contribution in [2.75, 3.05) is 7.05 Å². The van der Waals surface area contributed by atoms with Gasteiger partial charge in [-0.05, 0) is 15.9 Å². The predicted octanol–water partition coefficient (Wildman–Crippen LogP) is 1.56. The van der Waals surface area contributed by atoms with Gasteiger partial charge in [0.05, 0.1) is 4.47 Å². The Bertz CT molecular complexity index is 399. The summed E-state index contributed by atoms with van der Waals surface area (Å²) in [6, 6.07) is 0. The van der Waals surface area contributed by atoms with Crippen LogP contribution in [0.15, 0.2) is 4.47 Å². The highest BCUT2D eigenvalue weighted by molar-refractivity contribution is 9.10. The number of amides is 1. The molecule has 0 aliphatic rings. The number of aryl methyl sites for hydroxylation is 1. The van der Waals surface area contributed by atoms with Gasteiger partial charge in [-0.1, -0.05) is 0 Å². The third-order valence-electron chi connectivity index (χ3n) is 1.70. The molecule has 15 heavy (non-hydrogen) atoms. The first kappa shape index (κ1) is 12.0. The number of hydrogen-bond donors (Lipinski definition) is 1. The van der Waals surface area contributed by atoms with Gasteiger partial charge in [0.1, 0.15) is 0 Å². The molecule has 0 spiro atoms. The molecule has 1 aromatic rings. The molecule has 4 nitrogen and oxygen atoms in total. The van der Waals surface area contributed by atoms with E-state index < -0.39 is 17.8 Å². The van der Waals surface area contributed by atoms with Crippen LogP contribution in [0, 0.1) is 0 Å². The minimum Gasteiger partial charge on any atom is -0.354 e. The van der Waals surface area contributed by atoms with Crippen molar-refractivity contribution in [2.24, 2.45) is 7.05 Å². The van der Waals surface area contributed by atoms with E-state index in [4.69, 9.17) is 0 Å². The summed E-state index contributed by atoms with van der Waals surface area (Å²) in [5.74, 6) is -0.673. The SMILES string of the molecule is CNC(=O)c1nn(C)c(C(F)(F)F)c1Br. The van der Waals surface area contributed by atoms with Gasteiger partial charge >= 0.3 is 6.18 Å². The molecule has 0 aromatic carbocycles. The van der Waals surface area contributed by atoms with Crippen LogP contribution in [0.4, 0.5) is 13.2 Å². The lowest BCUT2D eigenvalue weighted by atomic mass is 10.3. The van der Waals surface area contributed by atoms with Gasteiger partial charge in [0.2, 0.25) is 0 Å². The lowest BCUT2D eigenvalue weighted by molar-refractivity contribution is -0.144. The molecule has 1 heterocycles. The smallest absolute Gasteiger partial charge is 0.354 e. The number of rotatable bonds is 1. The fourth-order valence-electron chi connectivity index (χ4n) is 1.07. The minimum atomic E-state index is -4.55.